The summed E-state index contributed by atoms with van der Waals surface area (Å²) in [7, 11) is 1.83. The third kappa shape index (κ3) is 5.26. The van der Waals surface area contributed by atoms with Crippen molar-refractivity contribution in [1.29, 1.82) is 0 Å². The van der Waals surface area contributed by atoms with E-state index in [9.17, 15) is 0 Å². The number of aliphatic imine (C=N–C) groups is 1. The maximum absolute atomic E-state index is 5.63. The first-order valence-electron chi connectivity index (χ1n) is 6.53. The topological polar surface area (TPSA) is 36.9 Å². The molecule has 0 unspecified atom stereocenters. The van der Waals surface area contributed by atoms with Gasteiger partial charge in [-0.2, -0.15) is 0 Å². The van der Waals surface area contributed by atoms with Gasteiger partial charge in [-0.15, -0.1) is 24.0 Å². The molecule has 1 saturated heterocycles. The molecule has 0 saturated carbocycles. The second-order valence-corrected chi connectivity index (χ2v) is 4.33. The van der Waals surface area contributed by atoms with Crippen molar-refractivity contribution in [1.82, 2.24) is 10.2 Å². The fourth-order valence-corrected chi connectivity index (χ4v) is 2.11. The first-order valence-corrected chi connectivity index (χ1v) is 6.53. The molecule has 4 nitrogen and oxygen atoms in total. The summed E-state index contributed by atoms with van der Waals surface area (Å²) in [5.74, 6) is 1.90. The molecule has 1 fully saturated rings. The van der Waals surface area contributed by atoms with Gasteiger partial charge in [0, 0.05) is 20.1 Å². The molecule has 0 radical (unpaired) electrons. The van der Waals surface area contributed by atoms with E-state index in [-0.39, 0.29) is 24.0 Å². The number of ether oxygens (including phenoxy) is 1. The first kappa shape index (κ1) is 16.1. The fourth-order valence-electron chi connectivity index (χ4n) is 2.11. The Kier molecular flexibility index (Phi) is 7.62. The van der Waals surface area contributed by atoms with Crippen LogP contribution in [0.4, 0.5) is 0 Å². The molecule has 0 amide bonds. The van der Waals surface area contributed by atoms with E-state index in [1.807, 2.05) is 37.4 Å². The van der Waals surface area contributed by atoms with Gasteiger partial charge >= 0.3 is 0 Å². The van der Waals surface area contributed by atoms with E-state index in [4.69, 9.17) is 4.74 Å². The standard InChI is InChI=1S/C14H21N3O.HI/c1-15-14(17-10-5-6-11-17)16-9-12-18-13-7-3-2-4-8-13;/h2-4,7-8H,5-6,9-12H2,1H3,(H,15,16);1H. The van der Waals surface area contributed by atoms with Gasteiger partial charge in [0.2, 0.25) is 0 Å². The van der Waals surface area contributed by atoms with Crippen molar-refractivity contribution < 1.29 is 4.74 Å². The molecular formula is C14H22IN3O. The molecule has 0 bridgehead atoms. The lowest BCUT2D eigenvalue weighted by atomic mass is 10.3. The van der Waals surface area contributed by atoms with Crippen LogP contribution >= 0.6 is 24.0 Å². The average Bonchev–Trinajstić information content (AvgIpc) is 2.94. The predicted molar refractivity (Wildman–Crippen MR) is 89.5 cm³/mol. The third-order valence-electron chi connectivity index (χ3n) is 3.01. The van der Waals surface area contributed by atoms with Gasteiger partial charge in [0.25, 0.3) is 0 Å². The Morgan fingerprint density at radius 2 is 1.95 bits per heavy atom. The zero-order valence-corrected chi connectivity index (χ0v) is 13.7. The zero-order chi connectivity index (χ0) is 12.6. The van der Waals surface area contributed by atoms with Gasteiger partial charge < -0.3 is 15.0 Å². The molecule has 1 aliphatic rings. The van der Waals surface area contributed by atoms with Crippen LogP contribution in [-0.4, -0.2) is 44.1 Å². The summed E-state index contributed by atoms with van der Waals surface area (Å²) in [5.41, 5.74) is 0. The normalized spacial score (nSPS) is 15.0. The van der Waals surface area contributed by atoms with Crippen LogP contribution in [0.15, 0.2) is 35.3 Å². The van der Waals surface area contributed by atoms with E-state index in [0.29, 0.717) is 6.61 Å². The minimum absolute atomic E-state index is 0. The van der Waals surface area contributed by atoms with Gasteiger partial charge in [0.1, 0.15) is 12.4 Å². The summed E-state index contributed by atoms with van der Waals surface area (Å²) in [4.78, 5) is 6.58. The van der Waals surface area contributed by atoms with Gasteiger partial charge in [-0.3, -0.25) is 4.99 Å². The highest BCUT2D eigenvalue weighted by atomic mass is 127. The van der Waals surface area contributed by atoms with E-state index < -0.39 is 0 Å². The van der Waals surface area contributed by atoms with Gasteiger partial charge in [0.05, 0.1) is 6.54 Å². The highest BCUT2D eigenvalue weighted by Gasteiger charge is 2.14. The molecular weight excluding hydrogens is 353 g/mol. The Bertz CT molecular complexity index is 378. The molecule has 1 N–H and O–H groups in total. The van der Waals surface area contributed by atoms with Crippen LogP contribution < -0.4 is 10.1 Å². The number of nitrogens with one attached hydrogen (secondary N) is 1. The summed E-state index contributed by atoms with van der Waals surface area (Å²) in [6, 6.07) is 9.88. The number of halogens is 1. The van der Waals surface area contributed by atoms with Gasteiger partial charge in [0.15, 0.2) is 5.96 Å². The lowest BCUT2D eigenvalue weighted by Gasteiger charge is -2.20. The molecule has 0 aliphatic carbocycles. The van der Waals surface area contributed by atoms with Crippen molar-refractivity contribution in [2.45, 2.75) is 12.8 Å². The molecule has 2 rings (SSSR count). The molecule has 0 aromatic heterocycles. The van der Waals surface area contributed by atoms with Crippen molar-refractivity contribution in [3.63, 3.8) is 0 Å². The summed E-state index contributed by atoms with van der Waals surface area (Å²) < 4.78 is 5.63. The third-order valence-corrected chi connectivity index (χ3v) is 3.01. The van der Waals surface area contributed by atoms with E-state index in [1.165, 1.54) is 12.8 Å². The van der Waals surface area contributed by atoms with Crippen molar-refractivity contribution in [3.8, 4) is 5.75 Å². The van der Waals surface area contributed by atoms with Crippen LogP contribution in [-0.2, 0) is 0 Å². The second kappa shape index (κ2) is 9.01. The van der Waals surface area contributed by atoms with E-state index in [2.05, 4.69) is 15.2 Å². The largest absolute Gasteiger partial charge is 0.492 e. The lowest BCUT2D eigenvalue weighted by Crippen LogP contribution is -2.41. The summed E-state index contributed by atoms with van der Waals surface area (Å²) in [6.45, 7) is 3.65. The van der Waals surface area contributed by atoms with Crippen LogP contribution in [0, 0.1) is 0 Å². The number of para-hydroxylation sites is 1. The Morgan fingerprint density at radius 1 is 1.26 bits per heavy atom. The SMILES string of the molecule is CN=C(NCCOc1ccccc1)N1CCCC1.I. The maximum Gasteiger partial charge on any atom is 0.193 e. The summed E-state index contributed by atoms with van der Waals surface area (Å²) in [6.07, 6.45) is 2.53. The Morgan fingerprint density at radius 3 is 2.58 bits per heavy atom. The highest BCUT2D eigenvalue weighted by molar-refractivity contribution is 14.0. The zero-order valence-electron chi connectivity index (χ0n) is 11.3. The first-order chi connectivity index (χ1) is 8.90. The second-order valence-electron chi connectivity index (χ2n) is 4.33. The Balaban J connectivity index is 0.00000180. The van der Waals surface area contributed by atoms with Crippen molar-refractivity contribution in [2.75, 3.05) is 33.3 Å². The van der Waals surface area contributed by atoms with E-state index >= 15 is 0 Å². The smallest absolute Gasteiger partial charge is 0.193 e. The number of nitrogens with zero attached hydrogens (tertiary/aromatic N) is 2. The van der Waals surface area contributed by atoms with Crippen molar-refractivity contribution in [3.05, 3.63) is 30.3 Å². The summed E-state index contributed by atoms with van der Waals surface area (Å²) in [5, 5.41) is 3.33. The molecule has 0 spiro atoms. The van der Waals surface area contributed by atoms with Crippen molar-refractivity contribution in [2.24, 2.45) is 4.99 Å². The number of hydrogen-bond acceptors (Lipinski definition) is 2. The molecule has 106 valence electrons. The minimum Gasteiger partial charge on any atom is -0.492 e. The number of hydrogen-bond donors (Lipinski definition) is 1. The lowest BCUT2D eigenvalue weighted by molar-refractivity contribution is 0.319. The summed E-state index contributed by atoms with van der Waals surface area (Å²) >= 11 is 0. The van der Waals surface area contributed by atoms with E-state index in [1.54, 1.807) is 0 Å². The number of rotatable bonds is 4. The Hall–Kier alpha value is -0.980. The number of guanidine groups is 1. The van der Waals surface area contributed by atoms with Crippen LogP contribution in [0.25, 0.3) is 0 Å². The van der Waals surface area contributed by atoms with Crippen LogP contribution in [0.5, 0.6) is 5.75 Å². The highest BCUT2D eigenvalue weighted by Crippen LogP contribution is 2.08. The van der Waals surface area contributed by atoms with Crippen LogP contribution in [0.2, 0.25) is 0 Å². The maximum atomic E-state index is 5.63. The van der Waals surface area contributed by atoms with Gasteiger partial charge in [-0.05, 0) is 25.0 Å². The quantitative estimate of drug-likeness (QED) is 0.380. The van der Waals surface area contributed by atoms with Gasteiger partial charge in [-0.25, -0.2) is 0 Å². The molecule has 1 heterocycles. The molecule has 1 aromatic carbocycles. The number of likely N-dealkylation sites (tertiary alicyclic amines) is 1. The molecule has 5 heteroatoms. The molecule has 1 aliphatic heterocycles. The van der Waals surface area contributed by atoms with Crippen molar-refractivity contribution >= 4 is 29.9 Å². The van der Waals surface area contributed by atoms with Gasteiger partial charge in [-0.1, -0.05) is 18.2 Å². The van der Waals surface area contributed by atoms with Crippen LogP contribution in [0.1, 0.15) is 12.8 Å². The fraction of sp³-hybridized carbons (Fsp3) is 0.500. The van der Waals surface area contributed by atoms with Crippen LogP contribution in [0.3, 0.4) is 0 Å². The molecule has 1 aromatic rings. The number of benzene rings is 1. The van der Waals surface area contributed by atoms with E-state index in [0.717, 1.165) is 31.3 Å². The predicted octanol–water partition coefficient (Wildman–Crippen LogP) is 2.35. The monoisotopic (exact) mass is 375 g/mol. The average molecular weight is 375 g/mol. The Labute approximate surface area is 132 Å². The molecule has 0 atom stereocenters. The minimum atomic E-state index is 0. The molecule has 19 heavy (non-hydrogen) atoms.